The summed E-state index contributed by atoms with van der Waals surface area (Å²) in [7, 11) is -3.71. The Morgan fingerprint density at radius 2 is 1.86 bits per heavy atom. The Morgan fingerprint density at radius 3 is 2.59 bits per heavy atom. The maximum atomic E-state index is 13.3. The molecule has 8 heteroatoms. The number of hydrogen-bond donors (Lipinski definition) is 0. The van der Waals surface area contributed by atoms with Gasteiger partial charge in [-0.3, -0.25) is 9.59 Å². The van der Waals surface area contributed by atoms with E-state index in [-0.39, 0.29) is 29.3 Å². The Balaban J connectivity index is 1.78. The molecule has 0 unspecified atom stereocenters. The number of carbonyl (C=O) groups excluding carboxylic acids is 2. The minimum atomic E-state index is -3.71. The van der Waals surface area contributed by atoms with Crippen molar-refractivity contribution in [3.05, 3.63) is 71.0 Å². The molecule has 1 aromatic carbocycles. The molecule has 1 fully saturated rings. The lowest BCUT2D eigenvalue weighted by molar-refractivity contribution is 0.0730. The first kappa shape index (κ1) is 19.5. The highest BCUT2D eigenvalue weighted by Gasteiger charge is 2.28. The molecule has 0 aliphatic carbocycles. The number of aldehydes is 1. The van der Waals surface area contributed by atoms with Crippen LogP contribution in [0.4, 0.5) is 0 Å². The highest BCUT2D eigenvalue weighted by molar-refractivity contribution is 7.89. The third-order valence-corrected chi connectivity index (χ3v) is 7.07. The van der Waals surface area contributed by atoms with Crippen molar-refractivity contribution in [1.29, 1.82) is 0 Å². The Hall–Kier alpha value is -2.81. The van der Waals surface area contributed by atoms with Crippen LogP contribution in [0.25, 0.3) is 5.52 Å². The summed E-state index contributed by atoms with van der Waals surface area (Å²) in [5.41, 5.74) is 2.26. The monoisotopic (exact) mass is 412 g/mol. The molecule has 3 heterocycles. The van der Waals surface area contributed by atoms with Gasteiger partial charge in [-0.25, -0.2) is 8.42 Å². The summed E-state index contributed by atoms with van der Waals surface area (Å²) in [6, 6.07) is 11.4. The van der Waals surface area contributed by atoms with Crippen LogP contribution in [0.5, 0.6) is 0 Å². The maximum Gasteiger partial charge on any atom is 0.243 e. The van der Waals surface area contributed by atoms with Gasteiger partial charge in [0.25, 0.3) is 0 Å². The zero-order valence-corrected chi connectivity index (χ0v) is 16.7. The number of carbonyl (C=O) groups is 2. The number of rotatable bonds is 5. The van der Waals surface area contributed by atoms with E-state index in [0.717, 1.165) is 6.29 Å². The second-order valence-electron chi connectivity index (χ2n) is 6.83. The highest BCUT2D eigenvalue weighted by Crippen LogP contribution is 2.25. The normalized spacial score (nSPS) is 15.5. The van der Waals surface area contributed by atoms with Gasteiger partial charge in [0, 0.05) is 30.4 Å². The van der Waals surface area contributed by atoms with E-state index in [4.69, 9.17) is 4.74 Å². The zero-order chi connectivity index (χ0) is 20.6. The predicted molar refractivity (Wildman–Crippen MR) is 107 cm³/mol. The Bertz CT molecular complexity index is 1210. The van der Waals surface area contributed by atoms with Gasteiger partial charge in [-0.05, 0) is 36.8 Å². The molecule has 0 bridgehead atoms. The summed E-state index contributed by atoms with van der Waals surface area (Å²) < 4.78 is 34.1. The van der Waals surface area contributed by atoms with Crippen LogP contribution in [0, 0.1) is 6.92 Å². The fourth-order valence-corrected chi connectivity index (χ4v) is 5.11. The number of benzene rings is 1. The van der Waals surface area contributed by atoms with Gasteiger partial charge in [-0.2, -0.15) is 4.31 Å². The average Bonchev–Trinajstić information content (AvgIpc) is 3.05. The van der Waals surface area contributed by atoms with E-state index in [1.54, 1.807) is 47.9 Å². The molecule has 0 spiro atoms. The highest BCUT2D eigenvalue weighted by atomic mass is 32.2. The van der Waals surface area contributed by atoms with Crippen LogP contribution in [-0.4, -0.2) is 55.5 Å². The molecule has 1 aliphatic rings. The smallest absolute Gasteiger partial charge is 0.243 e. The summed E-state index contributed by atoms with van der Waals surface area (Å²) in [6.07, 6.45) is 2.46. The second-order valence-corrected chi connectivity index (χ2v) is 8.77. The molecule has 7 nitrogen and oxygen atoms in total. The summed E-state index contributed by atoms with van der Waals surface area (Å²) in [5, 5.41) is 0. The third-order valence-electron chi connectivity index (χ3n) is 5.17. The van der Waals surface area contributed by atoms with Crippen molar-refractivity contribution in [3.8, 4) is 0 Å². The van der Waals surface area contributed by atoms with Crippen LogP contribution in [0.2, 0.25) is 0 Å². The quantitative estimate of drug-likeness (QED) is 0.474. The second kappa shape index (κ2) is 7.55. The van der Waals surface area contributed by atoms with Gasteiger partial charge in [0.1, 0.15) is 0 Å². The molecule has 3 aromatic rings. The largest absolute Gasteiger partial charge is 0.379 e. The lowest BCUT2D eigenvalue weighted by Gasteiger charge is -2.26. The van der Waals surface area contributed by atoms with Gasteiger partial charge in [-0.1, -0.05) is 18.2 Å². The van der Waals surface area contributed by atoms with E-state index in [1.165, 1.54) is 16.4 Å². The first-order chi connectivity index (χ1) is 13.9. The minimum absolute atomic E-state index is 0.0689. The number of ether oxygens (including phenoxy) is 1. The fraction of sp³-hybridized carbons (Fsp3) is 0.238. The maximum absolute atomic E-state index is 13.3. The fourth-order valence-electron chi connectivity index (χ4n) is 3.66. The first-order valence-electron chi connectivity index (χ1n) is 9.22. The Labute approximate surface area is 168 Å². The van der Waals surface area contributed by atoms with E-state index >= 15 is 0 Å². The van der Waals surface area contributed by atoms with Gasteiger partial charge >= 0.3 is 0 Å². The summed E-state index contributed by atoms with van der Waals surface area (Å²) in [4.78, 5) is 24.9. The van der Waals surface area contributed by atoms with Gasteiger partial charge in [-0.15, -0.1) is 0 Å². The molecule has 4 rings (SSSR count). The summed E-state index contributed by atoms with van der Waals surface area (Å²) in [6.45, 7) is 2.99. The van der Waals surface area contributed by atoms with Crippen LogP contribution in [0.15, 0.2) is 53.6 Å². The van der Waals surface area contributed by atoms with E-state index in [0.29, 0.717) is 35.6 Å². The van der Waals surface area contributed by atoms with Gasteiger partial charge in [0.05, 0.1) is 29.3 Å². The molecule has 150 valence electrons. The number of sulfonamides is 1. The lowest BCUT2D eigenvalue weighted by Crippen LogP contribution is -2.40. The standard InChI is InChI=1S/C21H20N2O5S/c1-15-18(14-24)19-7-2-3-8-23(19)20(15)21(25)16-5-4-6-17(13-16)29(26,27)22-9-11-28-12-10-22/h2-8,13-14H,9-12H2,1H3. The van der Waals surface area contributed by atoms with E-state index in [9.17, 15) is 18.0 Å². The van der Waals surface area contributed by atoms with Crippen molar-refractivity contribution in [3.63, 3.8) is 0 Å². The number of morpholine rings is 1. The van der Waals surface area contributed by atoms with Crippen LogP contribution >= 0.6 is 0 Å². The SMILES string of the molecule is Cc1c(C=O)c2ccccn2c1C(=O)c1cccc(S(=O)(=O)N2CCOCC2)c1. The predicted octanol–water partition coefficient (Wildman–Crippen LogP) is 2.31. The van der Waals surface area contributed by atoms with E-state index in [2.05, 4.69) is 0 Å². The summed E-state index contributed by atoms with van der Waals surface area (Å²) >= 11 is 0. The van der Waals surface area contributed by atoms with Crippen LogP contribution in [-0.2, 0) is 14.8 Å². The molecular weight excluding hydrogens is 392 g/mol. The number of aromatic nitrogens is 1. The van der Waals surface area contributed by atoms with Crippen LogP contribution in [0.1, 0.15) is 32.0 Å². The third kappa shape index (κ3) is 3.29. The lowest BCUT2D eigenvalue weighted by atomic mass is 10.0. The zero-order valence-electron chi connectivity index (χ0n) is 15.9. The van der Waals surface area contributed by atoms with Crippen LogP contribution < -0.4 is 0 Å². The Kier molecular flexibility index (Phi) is 5.08. The molecule has 2 aromatic heterocycles. The molecular formula is C21H20N2O5S. The topological polar surface area (TPSA) is 85.2 Å². The number of hydrogen-bond acceptors (Lipinski definition) is 5. The molecule has 1 aliphatic heterocycles. The molecule has 0 radical (unpaired) electrons. The van der Waals surface area contributed by atoms with Gasteiger partial charge < -0.3 is 9.14 Å². The van der Waals surface area contributed by atoms with Crippen molar-refractivity contribution >= 4 is 27.6 Å². The average molecular weight is 412 g/mol. The first-order valence-corrected chi connectivity index (χ1v) is 10.7. The molecule has 0 atom stereocenters. The van der Waals surface area contributed by atoms with Crippen LogP contribution in [0.3, 0.4) is 0 Å². The molecule has 0 amide bonds. The van der Waals surface area contributed by atoms with Crippen molar-refractivity contribution in [2.75, 3.05) is 26.3 Å². The van der Waals surface area contributed by atoms with Crippen molar-refractivity contribution in [2.45, 2.75) is 11.8 Å². The van der Waals surface area contributed by atoms with E-state index < -0.39 is 10.0 Å². The Morgan fingerprint density at radius 1 is 1.10 bits per heavy atom. The molecule has 0 saturated carbocycles. The summed E-state index contributed by atoms with van der Waals surface area (Å²) in [5.74, 6) is -0.337. The molecule has 0 N–H and O–H groups in total. The van der Waals surface area contributed by atoms with Gasteiger partial charge in [0.2, 0.25) is 15.8 Å². The molecule has 1 saturated heterocycles. The van der Waals surface area contributed by atoms with Crippen molar-refractivity contribution < 1.29 is 22.7 Å². The van der Waals surface area contributed by atoms with E-state index in [1.807, 2.05) is 0 Å². The van der Waals surface area contributed by atoms with Crippen molar-refractivity contribution in [1.82, 2.24) is 8.71 Å². The number of ketones is 1. The van der Waals surface area contributed by atoms with Crippen molar-refractivity contribution in [2.24, 2.45) is 0 Å². The number of pyridine rings is 1. The minimum Gasteiger partial charge on any atom is -0.379 e. The molecule has 29 heavy (non-hydrogen) atoms. The number of fused-ring (bicyclic) bond motifs is 1. The van der Waals surface area contributed by atoms with Gasteiger partial charge in [0.15, 0.2) is 6.29 Å². The number of nitrogens with zero attached hydrogens (tertiary/aromatic N) is 2.